The zero-order chi connectivity index (χ0) is 15.2. The number of benzene rings is 1. The number of nitrogens with zero attached hydrogens (tertiary/aromatic N) is 1. The molecular weight excluding hydrogens is 265 g/mol. The third kappa shape index (κ3) is 5.62. The summed E-state index contributed by atoms with van der Waals surface area (Å²) in [6.07, 6.45) is -2.63. The summed E-state index contributed by atoms with van der Waals surface area (Å²) in [6, 6.07) is 7.38. The van der Waals surface area contributed by atoms with Crippen LogP contribution in [0.2, 0.25) is 0 Å². The molecular formula is C15H19F3N2. The maximum absolute atomic E-state index is 12.4. The monoisotopic (exact) mass is 284 g/mol. The number of alkyl halides is 3. The van der Waals surface area contributed by atoms with E-state index in [2.05, 4.69) is 11.4 Å². The highest BCUT2D eigenvalue weighted by molar-refractivity contribution is 5.24. The molecule has 0 bridgehead atoms. The van der Waals surface area contributed by atoms with E-state index >= 15 is 0 Å². The van der Waals surface area contributed by atoms with E-state index in [-0.39, 0.29) is 5.41 Å². The molecule has 0 fully saturated rings. The maximum Gasteiger partial charge on any atom is 0.416 e. The molecule has 1 aromatic carbocycles. The molecule has 0 amide bonds. The third-order valence-corrected chi connectivity index (χ3v) is 3.07. The van der Waals surface area contributed by atoms with Crippen LogP contribution in [0, 0.1) is 16.7 Å². The predicted octanol–water partition coefficient (Wildman–Crippen LogP) is 4.12. The minimum Gasteiger partial charge on any atom is -0.313 e. The van der Waals surface area contributed by atoms with Crippen LogP contribution < -0.4 is 5.32 Å². The summed E-state index contributed by atoms with van der Waals surface area (Å²) in [7, 11) is 0. The molecule has 20 heavy (non-hydrogen) atoms. The maximum atomic E-state index is 12.4. The van der Waals surface area contributed by atoms with Gasteiger partial charge in [0, 0.05) is 6.54 Å². The van der Waals surface area contributed by atoms with Gasteiger partial charge in [-0.2, -0.15) is 18.4 Å². The molecule has 0 heterocycles. The number of hydrogen-bond donors (Lipinski definition) is 1. The molecule has 0 aromatic heterocycles. The fraction of sp³-hybridized carbons (Fsp3) is 0.533. The molecule has 0 radical (unpaired) electrons. The Morgan fingerprint density at radius 2 is 1.75 bits per heavy atom. The summed E-state index contributed by atoms with van der Waals surface area (Å²) >= 11 is 0. The average molecular weight is 284 g/mol. The Bertz CT molecular complexity index is 455. The van der Waals surface area contributed by atoms with Crippen molar-refractivity contribution in [2.75, 3.05) is 6.54 Å². The first-order valence-electron chi connectivity index (χ1n) is 6.53. The van der Waals surface area contributed by atoms with Gasteiger partial charge in [-0.25, -0.2) is 0 Å². The van der Waals surface area contributed by atoms with Crippen LogP contribution in [0.5, 0.6) is 0 Å². The van der Waals surface area contributed by atoms with Crippen LogP contribution >= 0.6 is 0 Å². The third-order valence-electron chi connectivity index (χ3n) is 3.07. The summed E-state index contributed by atoms with van der Waals surface area (Å²) in [5.41, 5.74) is -0.134. The second kappa shape index (κ2) is 6.76. The zero-order valence-electron chi connectivity index (χ0n) is 11.7. The van der Waals surface area contributed by atoms with Crippen molar-refractivity contribution >= 4 is 0 Å². The van der Waals surface area contributed by atoms with E-state index in [1.165, 1.54) is 12.1 Å². The van der Waals surface area contributed by atoms with Crippen LogP contribution in [-0.4, -0.2) is 6.54 Å². The fourth-order valence-electron chi connectivity index (χ4n) is 1.76. The first kappa shape index (κ1) is 16.5. The first-order valence-corrected chi connectivity index (χ1v) is 6.53. The first-order chi connectivity index (χ1) is 9.24. The molecule has 1 N–H and O–H groups in total. The molecule has 0 saturated heterocycles. The fourth-order valence-corrected chi connectivity index (χ4v) is 1.76. The van der Waals surface area contributed by atoms with E-state index in [4.69, 9.17) is 5.26 Å². The molecule has 110 valence electrons. The average Bonchev–Trinajstić information content (AvgIpc) is 2.38. The quantitative estimate of drug-likeness (QED) is 0.797. The number of nitrogens with one attached hydrogen (secondary N) is 1. The minimum absolute atomic E-state index is 0.323. The number of hydrogen-bond acceptors (Lipinski definition) is 2. The lowest BCUT2D eigenvalue weighted by atomic mass is 9.90. The molecule has 0 aliphatic rings. The van der Waals surface area contributed by atoms with Gasteiger partial charge in [0.15, 0.2) is 0 Å². The Hall–Kier alpha value is -1.54. The standard InChI is InChI=1S/C15H19F3N2/c1-14(2,11-19)8-3-9-20-10-12-4-6-13(7-5-12)15(16,17)18/h4-7,20H,3,8-10H2,1-2H3. The largest absolute Gasteiger partial charge is 0.416 e. The van der Waals surface area contributed by atoms with E-state index in [1.807, 2.05) is 13.8 Å². The van der Waals surface area contributed by atoms with Gasteiger partial charge in [-0.15, -0.1) is 0 Å². The van der Waals surface area contributed by atoms with Crippen molar-refractivity contribution in [3.05, 3.63) is 35.4 Å². The summed E-state index contributed by atoms with van der Waals surface area (Å²) < 4.78 is 37.1. The van der Waals surface area contributed by atoms with Crippen molar-refractivity contribution in [2.24, 2.45) is 5.41 Å². The molecule has 2 nitrogen and oxygen atoms in total. The Labute approximate surface area is 117 Å². The summed E-state index contributed by atoms with van der Waals surface area (Å²) in [5, 5.41) is 12.0. The molecule has 0 unspecified atom stereocenters. The summed E-state index contributed by atoms with van der Waals surface area (Å²) in [6.45, 7) is 5.06. The molecule has 0 saturated carbocycles. The molecule has 0 aliphatic carbocycles. The number of halogens is 3. The Kier molecular flexibility index (Phi) is 5.58. The second-order valence-corrected chi connectivity index (χ2v) is 5.47. The lowest BCUT2D eigenvalue weighted by Crippen LogP contribution is -2.17. The summed E-state index contributed by atoms with van der Waals surface area (Å²) in [4.78, 5) is 0. The van der Waals surface area contributed by atoms with E-state index in [9.17, 15) is 13.2 Å². The summed E-state index contributed by atoms with van der Waals surface area (Å²) in [5.74, 6) is 0. The molecule has 0 aliphatic heterocycles. The van der Waals surface area contributed by atoms with Crippen molar-refractivity contribution < 1.29 is 13.2 Å². The Balaban J connectivity index is 2.32. The molecule has 0 spiro atoms. The number of rotatable bonds is 6. The van der Waals surface area contributed by atoms with Gasteiger partial charge in [-0.1, -0.05) is 12.1 Å². The van der Waals surface area contributed by atoms with E-state index in [1.54, 1.807) is 0 Å². The lowest BCUT2D eigenvalue weighted by molar-refractivity contribution is -0.137. The van der Waals surface area contributed by atoms with Crippen LogP contribution in [0.4, 0.5) is 13.2 Å². The van der Waals surface area contributed by atoms with Crippen molar-refractivity contribution in [1.82, 2.24) is 5.32 Å². The van der Waals surface area contributed by atoms with Gasteiger partial charge in [0.05, 0.1) is 17.0 Å². The highest BCUT2D eigenvalue weighted by Gasteiger charge is 2.29. The molecule has 1 aromatic rings. The minimum atomic E-state index is -4.28. The topological polar surface area (TPSA) is 35.8 Å². The van der Waals surface area contributed by atoms with Gasteiger partial charge in [0.2, 0.25) is 0 Å². The zero-order valence-corrected chi connectivity index (χ0v) is 11.7. The normalized spacial score (nSPS) is 12.2. The molecule has 0 atom stereocenters. The van der Waals surface area contributed by atoms with Crippen LogP contribution in [0.25, 0.3) is 0 Å². The number of nitriles is 1. The van der Waals surface area contributed by atoms with Crippen LogP contribution in [0.3, 0.4) is 0 Å². The second-order valence-electron chi connectivity index (χ2n) is 5.47. The van der Waals surface area contributed by atoms with E-state index in [0.717, 1.165) is 37.1 Å². The SMILES string of the molecule is CC(C)(C#N)CCCNCc1ccc(C(F)(F)F)cc1. The van der Waals surface area contributed by atoms with Gasteiger partial charge in [-0.05, 0) is 50.9 Å². The lowest BCUT2D eigenvalue weighted by Gasteiger charge is -2.14. The van der Waals surface area contributed by atoms with Gasteiger partial charge in [-0.3, -0.25) is 0 Å². The predicted molar refractivity (Wildman–Crippen MR) is 71.8 cm³/mol. The van der Waals surface area contributed by atoms with E-state index < -0.39 is 11.7 Å². The van der Waals surface area contributed by atoms with Crippen LogP contribution in [0.15, 0.2) is 24.3 Å². The van der Waals surface area contributed by atoms with Crippen LogP contribution in [0.1, 0.15) is 37.8 Å². The van der Waals surface area contributed by atoms with Gasteiger partial charge in [0.1, 0.15) is 0 Å². The van der Waals surface area contributed by atoms with Crippen molar-refractivity contribution in [3.63, 3.8) is 0 Å². The molecule has 5 heteroatoms. The van der Waals surface area contributed by atoms with Gasteiger partial charge < -0.3 is 5.32 Å². The van der Waals surface area contributed by atoms with Crippen molar-refractivity contribution in [3.8, 4) is 6.07 Å². The van der Waals surface area contributed by atoms with Crippen molar-refractivity contribution in [2.45, 2.75) is 39.4 Å². The van der Waals surface area contributed by atoms with Crippen molar-refractivity contribution in [1.29, 1.82) is 5.26 Å². The Morgan fingerprint density at radius 3 is 2.25 bits per heavy atom. The van der Waals surface area contributed by atoms with Gasteiger partial charge in [0.25, 0.3) is 0 Å². The van der Waals surface area contributed by atoms with Crippen LogP contribution in [-0.2, 0) is 12.7 Å². The Morgan fingerprint density at radius 1 is 1.15 bits per heavy atom. The van der Waals surface area contributed by atoms with E-state index in [0.29, 0.717) is 6.54 Å². The highest BCUT2D eigenvalue weighted by Crippen LogP contribution is 2.29. The van der Waals surface area contributed by atoms with Gasteiger partial charge >= 0.3 is 6.18 Å². The molecule has 1 rings (SSSR count). The smallest absolute Gasteiger partial charge is 0.313 e. The highest BCUT2D eigenvalue weighted by atomic mass is 19.4.